The van der Waals surface area contributed by atoms with E-state index in [0.717, 1.165) is 38.8 Å². The highest BCUT2D eigenvalue weighted by Gasteiger charge is 2.25. The highest BCUT2D eigenvalue weighted by Crippen LogP contribution is 2.12. The second-order valence-corrected chi connectivity index (χ2v) is 4.82. The Hall–Kier alpha value is -0.610. The Labute approximate surface area is 112 Å². The van der Waals surface area contributed by atoms with Crippen molar-refractivity contribution in [3.8, 4) is 0 Å². The molecule has 0 rings (SSSR count). The second kappa shape index (κ2) is 10.3. The van der Waals surface area contributed by atoms with Crippen molar-refractivity contribution in [3.05, 3.63) is 0 Å². The van der Waals surface area contributed by atoms with E-state index in [1.165, 1.54) is 0 Å². The van der Waals surface area contributed by atoms with Crippen LogP contribution in [-0.4, -0.2) is 42.5 Å². The van der Waals surface area contributed by atoms with Crippen LogP contribution in [0.15, 0.2) is 0 Å². The van der Waals surface area contributed by atoms with Crippen LogP contribution in [0.25, 0.3) is 0 Å². The molecule has 0 aliphatic heterocycles. The van der Waals surface area contributed by atoms with Crippen LogP contribution in [0.1, 0.15) is 53.4 Å². The van der Waals surface area contributed by atoms with Crippen LogP contribution in [0.4, 0.5) is 0 Å². The molecule has 0 aliphatic carbocycles. The average molecular weight is 257 g/mol. The lowest BCUT2D eigenvalue weighted by Gasteiger charge is -2.34. The van der Waals surface area contributed by atoms with Gasteiger partial charge in [-0.15, -0.1) is 0 Å². The molecule has 4 nitrogen and oxygen atoms in total. The molecule has 0 aliphatic rings. The summed E-state index contributed by atoms with van der Waals surface area (Å²) in [4.78, 5) is 14.3. The fourth-order valence-electron chi connectivity index (χ4n) is 2.29. The molecule has 0 bridgehead atoms. The number of rotatable bonds is 10. The summed E-state index contributed by atoms with van der Waals surface area (Å²) in [5.41, 5.74) is 5.66. The van der Waals surface area contributed by atoms with Gasteiger partial charge in [0.15, 0.2) is 0 Å². The van der Waals surface area contributed by atoms with Gasteiger partial charge in [-0.1, -0.05) is 27.2 Å². The Morgan fingerprint density at radius 3 is 2.33 bits per heavy atom. The van der Waals surface area contributed by atoms with Crippen molar-refractivity contribution in [2.75, 3.05) is 19.6 Å². The SMILES string of the molecule is CCCCNC(=O)C(C)N(CCN)C(CC)CC. The number of unbranched alkanes of at least 4 members (excludes halogenated alkanes) is 1. The minimum absolute atomic E-state index is 0.0877. The van der Waals surface area contributed by atoms with Gasteiger partial charge in [0.05, 0.1) is 6.04 Å². The fourth-order valence-corrected chi connectivity index (χ4v) is 2.29. The minimum Gasteiger partial charge on any atom is -0.355 e. The van der Waals surface area contributed by atoms with Gasteiger partial charge in [0, 0.05) is 25.7 Å². The molecule has 0 saturated carbocycles. The maximum Gasteiger partial charge on any atom is 0.237 e. The zero-order valence-electron chi connectivity index (χ0n) is 12.5. The van der Waals surface area contributed by atoms with Gasteiger partial charge in [-0.3, -0.25) is 9.69 Å². The summed E-state index contributed by atoms with van der Waals surface area (Å²) in [5, 5.41) is 3.00. The predicted octanol–water partition coefficient (Wildman–Crippen LogP) is 1.74. The largest absolute Gasteiger partial charge is 0.355 e. The van der Waals surface area contributed by atoms with E-state index < -0.39 is 0 Å². The van der Waals surface area contributed by atoms with Gasteiger partial charge in [0.25, 0.3) is 0 Å². The van der Waals surface area contributed by atoms with Crippen LogP contribution in [0.3, 0.4) is 0 Å². The van der Waals surface area contributed by atoms with Crippen LogP contribution in [0.2, 0.25) is 0 Å². The van der Waals surface area contributed by atoms with Crippen LogP contribution >= 0.6 is 0 Å². The molecule has 0 aromatic rings. The molecule has 1 unspecified atom stereocenters. The minimum atomic E-state index is -0.0877. The first-order chi connectivity index (χ1) is 8.62. The van der Waals surface area contributed by atoms with Crippen molar-refractivity contribution in [1.29, 1.82) is 0 Å². The van der Waals surface area contributed by atoms with E-state index in [1.807, 2.05) is 6.92 Å². The smallest absolute Gasteiger partial charge is 0.237 e. The van der Waals surface area contributed by atoms with E-state index in [1.54, 1.807) is 0 Å². The van der Waals surface area contributed by atoms with Crippen molar-refractivity contribution in [2.45, 2.75) is 65.5 Å². The molecule has 0 spiro atoms. The third kappa shape index (κ3) is 5.83. The number of carbonyl (C=O) groups excluding carboxylic acids is 1. The van der Waals surface area contributed by atoms with Gasteiger partial charge >= 0.3 is 0 Å². The van der Waals surface area contributed by atoms with Crippen molar-refractivity contribution in [2.24, 2.45) is 5.73 Å². The molecule has 1 amide bonds. The molecule has 1 atom stereocenters. The van der Waals surface area contributed by atoms with Crippen LogP contribution < -0.4 is 11.1 Å². The lowest BCUT2D eigenvalue weighted by atomic mass is 10.1. The van der Waals surface area contributed by atoms with Crippen LogP contribution in [0, 0.1) is 0 Å². The average Bonchev–Trinajstić information content (AvgIpc) is 2.38. The van der Waals surface area contributed by atoms with Gasteiger partial charge < -0.3 is 11.1 Å². The molecule has 4 heteroatoms. The number of nitrogens with one attached hydrogen (secondary N) is 1. The quantitative estimate of drug-likeness (QED) is 0.586. The monoisotopic (exact) mass is 257 g/mol. The maximum atomic E-state index is 12.1. The van der Waals surface area contributed by atoms with Crippen molar-refractivity contribution < 1.29 is 4.79 Å². The first-order valence-corrected chi connectivity index (χ1v) is 7.35. The van der Waals surface area contributed by atoms with E-state index in [-0.39, 0.29) is 11.9 Å². The van der Waals surface area contributed by atoms with Gasteiger partial charge in [0.1, 0.15) is 0 Å². The maximum absolute atomic E-state index is 12.1. The van der Waals surface area contributed by atoms with E-state index in [2.05, 4.69) is 31.0 Å². The molecule has 0 fully saturated rings. The molecule has 3 N–H and O–H groups in total. The van der Waals surface area contributed by atoms with E-state index in [4.69, 9.17) is 5.73 Å². The Morgan fingerprint density at radius 1 is 1.28 bits per heavy atom. The highest BCUT2D eigenvalue weighted by molar-refractivity contribution is 5.81. The molecule has 0 saturated heterocycles. The standard InChI is InChI=1S/C14H31N3O/c1-5-8-10-16-14(18)12(4)17(11-9-15)13(6-2)7-3/h12-13H,5-11,15H2,1-4H3,(H,16,18). The van der Waals surface area contributed by atoms with Crippen LogP contribution in [0.5, 0.6) is 0 Å². The number of nitrogens with two attached hydrogens (primary N) is 1. The molecule has 0 heterocycles. The number of hydrogen-bond acceptors (Lipinski definition) is 3. The summed E-state index contributed by atoms with van der Waals surface area (Å²) in [7, 11) is 0. The van der Waals surface area contributed by atoms with E-state index in [9.17, 15) is 4.79 Å². The van der Waals surface area contributed by atoms with Crippen molar-refractivity contribution >= 4 is 5.91 Å². The number of amides is 1. The number of hydrogen-bond donors (Lipinski definition) is 2. The topological polar surface area (TPSA) is 58.4 Å². The van der Waals surface area contributed by atoms with Gasteiger partial charge in [0.2, 0.25) is 5.91 Å². The molecule has 0 aromatic carbocycles. The molecule has 18 heavy (non-hydrogen) atoms. The van der Waals surface area contributed by atoms with E-state index >= 15 is 0 Å². The zero-order chi connectivity index (χ0) is 14.0. The summed E-state index contributed by atoms with van der Waals surface area (Å²) >= 11 is 0. The Balaban J connectivity index is 4.43. The van der Waals surface area contributed by atoms with Gasteiger partial charge in [-0.05, 0) is 26.2 Å². The van der Waals surface area contributed by atoms with Gasteiger partial charge in [-0.2, -0.15) is 0 Å². The van der Waals surface area contributed by atoms with Crippen molar-refractivity contribution in [3.63, 3.8) is 0 Å². The molecular weight excluding hydrogens is 226 g/mol. The third-order valence-corrected chi connectivity index (χ3v) is 3.51. The molecule has 0 radical (unpaired) electrons. The zero-order valence-corrected chi connectivity index (χ0v) is 12.5. The normalized spacial score (nSPS) is 13.1. The Kier molecular flexibility index (Phi) is 9.98. The number of nitrogens with zero attached hydrogens (tertiary/aromatic N) is 1. The third-order valence-electron chi connectivity index (χ3n) is 3.51. The highest BCUT2D eigenvalue weighted by atomic mass is 16.2. The summed E-state index contributed by atoms with van der Waals surface area (Å²) in [5.74, 6) is 0.129. The summed E-state index contributed by atoms with van der Waals surface area (Å²) < 4.78 is 0. The van der Waals surface area contributed by atoms with Crippen LogP contribution in [-0.2, 0) is 4.79 Å². The first-order valence-electron chi connectivity index (χ1n) is 7.35. The molecular formula is C14H31N3O. The molecule has 108 valence electrons. The lowest BCUT2D eigenvalue weighted by molar-refractivity contribution is -0.126. The first kappa shape index (κ1) is 17.4. The van der Waals surface area contributed by atoms with Crippen molar-refractivity contribution in [1.82, 2.24) is 10.2 Å². The Morgan fingerprint density at radius 2 is 1.89 bits per heavy atom. The molecule has 0 aromatic heterocycles. The Bertz CT molecular complexity index is 217. The summed E-state index contributed by atoms with van der Waals surface area (Å²) in [6.07, 6.45) is 4.26. The van der Waals surface area contributed by atoms with Gasteiger partial charge in [-0.25, -0.2) is 0 Å². The number of carbonyl (C=O) groups is 1. The lowest BCUT2D eigenvalue weighted by Crippen LogP contribution is -2.51. The van der Waals surface area contributed by atoms with E-state index in [0.29, 0.717) is 12.6 Å². The second-order valence-electron chi connectivity index (χ2n) is 4.82. The summed E-state index contributed by atoms with van der Waals surface area (Å²) in [6.45, 7) is 10.6. The summed E-state index contributed by atoms with van der Waals surface area (Å²) in [6, 6.07) is 0.357. The predicted molar refractivity (Wildman–Crippen MR) is 77.5 cm³/mol. The fraction of sp³-hybridized carbons (Fsp3) is 0.929.